The third-order valence-corrected chi connectivity index (χ3v) is 4.30. The minimum absolute atomic E-state index is 0.0587. The fourth-order valence-electron chi connectivity index (χ4n) is 2.95. The van der Waals surface area contributed by atoms with E-state index in [1.165, 1.54) is 0 Å². The first-order chi connectivity index (χ1) is 12.0. The molecule has 2 rings (SSSR count). The molecule has 1 saturated heterocycles. The molecule has 2 amide bonds. The van der Waals surface area contributed by atoms with Crippen molar-refractivity contribution in [1.82, 2.24) is 20.0 Å². The van der Waals surface area contributed by atoms with Gasteiger partial charge >= 0.3 is 5.97 Å². The summed E-state index contributed by atoms with van der Waals surface area (Å²) in [4.78, 5) is 37.9. The summed E-state index contributed by atoms with van der Waals surface area (Å²) in [6.45, 7) is 7.42. The molecule has 1 aromatic rings. The van der Waals surface area contributed by atoms with Gasteiger partial charge in [-0.2, -0.15) is 5.10 Å². The number of carbonyl (C=O) groups excluding carboxylic acids is 3. The van der Waals surface area contributed by atoms with E-state index in [0.717, 1.165) is 5.69 Å². The van der Waals surface area contributed by atoms with E-state index in [0.29, 0.717) is 44.8 Å². The minimum atomic E-state index is -0.308. The number of nitrogens with one attached hydrogen (secondary N) is 1. The van der Waals surface area contributed by atoms with E-state index in [1.54, 1.807) is 22.6 Å². The number of aryl methyl sites for hydroxylation is 2. The SMILES string of the molecule is CCOC(=O)C1CCN(C(=O)CNC(=O)c2cc(C)nn2CC)CC1. The third kappa shape index (κ3) is 4.80. The van der Waals surface area contributed by atoms with Crippen LogP contribution in [0.2, 0.25) is 0 Å². The maximum absolute atomic E-state index is 12.3. The van der Waals surface area contributed by atoms with Crippen LogP contribution in [-0.4, -0.2) is 58.7 Å². The Morgan fingerprint density at radius 2 is 1.96 bits per heavy atom. The molecule has 1 N–H and O–H groups in total. The lowest BCUT2D eigenvalue weighted by atomic mass is 9.97. The number of hydrogen-bond donors (Lipinski definition) is 1. The standard InChI is InChI=1S/C17H26N4O4/c1-4-21-14(10-12(3)19-21)16(23)18-11-15(22)20-8-6-13(7-9-20)17(24)25-5-2/h10,13H,4-9,11H2,1-3H3,(H,18,23). The molecule has 0 aromatic carbocycles. The lowest BCUT2D eigenvalue weighted by Gasteiger charge is -2.30. The summed E-state index contributed by atoms with van der Waals surface area (Å²) < 4.78 is 6.63. The van der Waals surface area contributed by atoms with Gasteiger partial charge in [-0.15, -0.1) is 0 Å². The number of amides is 2. The summed E-state index contributed by atoms with van der Waals surface area (Å²) >= 11 is 0. The Labute approximate surface area is 147 Å². The van der Waals surface area contributed by atoms with E-state index >= 15 is 0 Å². The van der Waals surface area contributed by atoms with E-state index in [1.807, 2.05) is 13.8 Å². The molecular formula is C17H26N4O4. The largest absolute Gasteiger partial charge is 0.466 e. The van der Waals surface area contributed by atoms with Crippen molar-refractivity contribution < 1.29 is 19.1 Å². The number of hydrogen-bond acceptors (Lipinski definition) is 5. The second-order valence-corrected chi connectivity index (χ2v) is 6.08. The molecule has 0 saturated carbocycles. The smallest absolute Gasteiger partial charge is 0.309 e. The molecule has 25 heavy (non-hydrogen) atoms. The van der Waals surface area contributed by atoms with Crippen molar-refractivity contribution in [3.05, 3.63) is 17.5 Å². The highest BCUT2D eigenvalue weighted by Crippen LogP contribution is 2.18. The zero-order valence-corrected chi connectivity index (χ0v) is 15.1. The van der Waals surface area contributed by atoms with Crippen LogP contribution in [0, 0.1) is 12.8 Å². The molecule has 1 aliphatic rings. The highest BCUT2D eigenvalue weighted by atomic mass is 16.5. The van der Waals surface area contributed by atoms with Gasteiger partial charge in [0.15, 0.2) is 0 Å². The molecule has 0 bridgehead atoms. The number of piperidine rings is 1. The molecule has 0 atom stereocenters. The summed E-state index contributed by atoms with van der Waals surface area (Å²) in [6, 6.07) is 1.70. The Balaban J connectivity index is 1.81. The molecule has 1 aliphatic heterocycles. The highest BCUT2D eigenvalue weighted by Gasteiger charge is 2.28. The van der Waals surface area contributed by atoms with Crippen LogP contribution >= 0.6 is 0 Å². The number of esters is 1. The number of rotatable bonds is 6. The van der Waals surface area contributed by atoms with E-state index in [2.05, 4.69) is 10.4 Å². The summed E-state index contributed by atoms with van der Waals surface area (Å²) in [6.07, 6.45) is 1.20. The Bertz CT molecular complexity index is 633. The monoisotopic (exact) mass is 350 g/mol. The van der Waals surface area contributed by atoms with Crippen molar-refractivity contribution >= 4 is 17.8 Å². The van der Waals surface area contributed by atoms with Gasteiger partial charge < -0.3 is 15.0 Å². The fourth-order valence-corrected chi connectivity index (χ4v) is 2.95. The fraction of sp³-hybridized carbons (Fsp3) is 0.647. The molecule has 8 nitrogen and oxygen atoms in total. The summed E-state index contributed by atoms with van der Waals surface area (Å²) in [5.74, 6) is -0.779. The number of ether oxygens (including phenoxy) is 1. The zero-order valence-electron chi connectivity index (χ0n) is 15.1. The Morgan fingerprint density at radius 3 is 2.56 bits per heavy atom. The number of likely N-dealkylation sites (tertiary alicyclic amines) is 1. The van der Waals surface area contributed by atoms with E-state index < -0.39 is 0 Å². The predicted molar refractivity (Wildman–Crippen MR) is 90.9 cm³/mol. The highest BCUT2D eigenvalue weighted by molar-refractivity contribution is 5.95. The second-order valence-electron chi connectivity index (χ2n) is 6.08. The topological polar surface area (TPSA) is 93.5 Å². The first kappa shape index (κ1) is 19.0. The van der Waals surface area contributed by atoms with Crippen LogP contribution in [0.5, 0.6) is 0 Å². The summed E-state index contributed by atoms with van der Waals surface area (Å²) in [7, 11) is 0. The second kappa shape index (κ2) is 8.64. The quantitative estimate of drug-likeness (QED) is 0.764. The Hall–Kier alpha value is -2.38. The van der Waals surface area contributed by atoms with Crippen molar-refractivity contribution in [2.45, 2.75) is 40.2 Å². The maximum atomic E-state index is 12.3. The average molecular weight is 350 g/mol. The molecule has 8 heteroatoms. The van der Waals surface area contributed by atoms with Gasteiger partial charge in [0, 0.05) is 19.6 Å². The van der Waals surface area contributed by atoms with Crippen molar-refractivity contribution in [2.75, 3.05) is 26.2 Å². The van der Waals surface area contributed by atoms with Gasteiger partial charge in [0.05, 0.1) is 24.8 Å². The van der Waals surface area contributed by atoms with Crippen LogP contribution in [0.15, 0.2) is 6.07 Å². The van der Waals surface area contributed by atoms with Crippen LogP contribution in [-0.2, 0) is 20.9 Å². The lowest BCUT2D eigenvalue weighted by Crippen LogP contribution is -2.45. The molecule has 2 heterocycles. The van der Waals surface area contributed by atoms with Crippen LogP contribution in [0.3, 0.4) is 0 Å². The number of nitrogens with zero attached hydrogens (tertiary/aromatic N) is 3. The molecule has 0 aliphatic carbocycles. The van der Waals surface area contributed by atoms with Gasteiger partial charge in [0.25, 0.3) is 5.91 Å². The van der Waals surface area contributed by atoms with Gasteiger partial charge in [0.2, 0.25) is 5.91 Å². The zero-order chi connectivity index (χ0) is 18.4. The minimum Gasteiger partial charge on any atom is -0.466 e. The van der Waals surface area contributed by atoms with Gasteiger partial charge in [0.1, 0.15) is 5.69 Å². The van der Waals surface area contributed by atoms with Gasteiger partial charge in [-0.25, -0.2) is 0 Å². The third-order valence-electron chi connectivity index (χ3n) is 4.30. The average Bonchev–Trinajstić information content (AvgIpc) is 3.00. The first-order valence-electron chi connectivity index (χ1n) is 8.73. The van der Waals surface area contributed by atoms with Crippen LogP contribution in [0.25, 0.3) is 0 Å². The van der Waals surface area contributed by atoms with Crippen molar-refractivity contribution in [3.8, 4) is 0 Å². The van der Waals surface area contributed by atoms with Crippen LogP contribution in [0.4, 0.5) is 0 Å². The van der Waals surface area contributed by atoms with Gasteiger partial charge in [-0.05, 0) is 39.7 Å². The van der Waals surface area contributed by atoms with Crippen molar-refractivity contribution in [3.63, 3.8) is 0 Å². The van der Waals surface area contributed by atoms with Crippen molar-refractivity contribution in [1.29, 1.82) is 0 Å². The molecule has 0 unspecified atom stereocenters. The lowest BCUT2D eigenvalue weighted by molar-refractivity contribution is -0.151. The van der Waals surface area contributed by atoms with E-state index in [9.17, 15) is 14.4 Å². The van der Waals surface area contributed by atoms with Gasteiger partial charge in [-0.3, -0.25) is 19.1 Å². The summed E-state index contributed by atoms with van der Waals surface area (Å²) in [5.41, 5.74) is 1.22. The van der Waals surface area contributed by atoms with Crippen LogP contribution in [0.1, 0.15) is 42.9 Å². The van der Waals surface area contributed by atoms with Gasteiger partial charge in [-0.1, -0.05) is 0 Å². The molecule has 0 radical (unpaired) electrons. The Morgan fingerprint density at radius 1 is 1.28 bits per heavy atom. The number of aromatic nitrogens is 2. The molecule has 138 valence electrons. The summed E-state index contributed by atoms with van der Waals surface area (Å²) in [5, 5.41) is 6.88. The molecule has 1 fully saturated rings. The number of carbonyl (C=O) groups is 3. The molecule has 1 aromatic heterocycles. The maximum Gasteiger partial charge on any atom is 0.309 e. The normalized spacial score (nSPS) is 15.1. The van der Waals surface area contributed by atoms with E-state index in [-0.39, 0.29) is 30.2 Å². The molecule has 0 spiro atoms. The van der Waals surface area contributed by atoms with Crippen LogP contribution < -0.4 is 5.32 Å². The van der Waals surface area contributed by atoms with Crippen molar-refractivity contribution in [2.24, 2.45) is 5.92 Å². The predicted octanol–water partition coefficient (Wildman–Crippen LogP) is 0.743. The first-order valence-corrected chi connectivity index (χ1v) is 8.73. The molecular weight excluding hydrogens is 324 g/mol. The Kier molecular flexibility index (Phi) is 6.55. The van der Waals surface area contributed by atoms with E-state index in [4.69, 9.17) is 4.74 Å².